The number of nitrogens with zero attached hydrogens (tertiary/aromatic N) is 2. The number of hydrogen-bond acceptors (Lipinski definition) is 3. The molecule has 6 nitrogen and oxygen atoms in total. The summed E-state index contributed by atoms with van der Waals surface area (Å²) in [6.07, 6.45) is 3.08. The lowest BCUT2D eigenvalue weighted by Crippen LogP contribution is -2.52. The minimum atomic E-state index is 0. The van der Waals surface area contributed by atoms with E-state index in [0.29, 0.717) is 12.0 Å². The molecule has 1 aliphatic rings. The van der Waals surface area contributed by atoms with Gasteiger partial charge in [0.05, 0.1) is 13.2 Å². The minimum absolute atomic E-state index is 0. The molecule has 2 aromatic rings. The van der Waals surface area contributed by atoms with Gasteiger partial charge in [-0.05, 0) is 36.5 Å². The molecule has 1 aromatic heterocycles. The average molecular weight is 513 g/mol. The lowest BCUT2D eigenvalue weighted by atomic mass is 10.0. The normalized spacial score (nSPS) is 16.7. The summed E-state index contributed by atoms with van der Waals surface area (Å²) in [5.74, 6) is 1.45. The second-order valence-corrected chi connectivity index (χ2v) is 7.95. The van der Waals surface area contributed by atoms with Crippen LogP contribution in [0.4, 0.5) is 0 Å². The summed E-state index contributed by atoms with van der Waals surface area (Å²) in [5, 5.41) is 8.29. The fourth-order valence-corrected chi connectivity index (χ4v) is 3.94. The van der Waals surface area contributed by atoms with E-state index in [1.807, 2.05) is 7.05 Å². The number of aryl methyl sites for hydroxylation is 1. The van der Waals surface area contributed by atoms with Crippen LogP contribution in [0.5, 0.6) is 0 Å². The van der Waals surface area contributed by atoms with E-state index in [9.17, 15) is 0 Å². The number of aromatic nitrogens is 1. The molecule has 162 valence electrons. The van der Waals surface area contributed by atoms with Gasteiger partial charge in [0.2, 0.25) is 0 Å². The Labute approximate surface area is 191 Å². The maximum Gasteiger partial charge on any atom is 0.191 e. The lowest BCUT2D eigenvalue weighted by Gasteiger charge is -2.37. The first-order chi connectivity index (χ1) is 13.6. The maximum atomic E-state index is 5.50. The van der Waals surface area contributed by atoms with Crippen LogP contribution in [-0.2, 0) is 11.2 Å². The molecule has 1 aromatic carbocycles. The predicted molar refractivity (Wildman–Crippen MR) is 133 cm³/mol. The van der Waals surface area contributed by atoms with Crippen molar-refractivity contribution in [2.45, 2.75) is 33.2 Å². The van der Waals surface area contributed by atoms with Crippen LogP contribution in [-0.4, -0.2) is 68.3 Å². The highest BCUT2D eigenvalue weighted by atomic mass is 127. The third kappa shape index (κ3) is 6.58. The number of aliphatic imine (C=N–C) groups is 1. The highest BCUT2D eigenvalue weighted by Gasteiger charge is 2.23. The molecule has 1 unspecified atom stereocenters. The van der Waals surface area contributed by atoms with Crippen molar-refractivity contribution in [1.29, 1.82) is 0 Å². The summed E-state index contributed by atoms with van der Waals surface area (Å²) in [6, 6.07) is 7.06. The molecule has 1 fully saturated rings. The van der Waals surface area contributed by atoms with Gasteiger partial charge in [-0.15, -0.1) is 24.0 Å². The molecule has 0 amide bonds. The van der Waals surface area contributed by atoms with E-state index < -0.39 is 0 Å². The SMILES string of the molecule is CN=C(NCCc1c[nH]c2cc(C)ccc12)NCC(C(C)C)N1CCOCC1.I. The van der Waals surface area contributed by atoms with Gasteiger partial charge in [-0.3, -0.25) is 9.89 Å². The Hall–Kier alpha value is -1.32. The minimum Gasteiger partial charge on any atom is -0.379 e. The van der Waals surface area contributed by atoms with Gasteiger partial charge in [-0.1, -0.05) is 26.0 Å². The van der Waals surface area contributed by atoms with Crippen LogP contribution in [0.3, 0.4) is 0 Å². The number of morpholine rings is 1. The number of hydrogen-bond donors (Lipinski definition) is 3. The lowest BCUT2D eigenvalue weighted by molar-refractivity contribution is 0.00752. The first-order valence-electron chi connectivity index (χ1n) is 10.4. The van der Waals surface area contributed by atoms with Crippen molar-refractivity contribution < 1.29 is 4.74 Å². The number of H-pyrrole nitrogens is 1. The molecular formula is C22H36IN5O. The Morgan fingerprint density at radius 2 is 2.00 bits per heavy atom. The number of guanidine groups is 1. The van der Waals surface area contributed by atoms with Crippen molar-refractivity contribution in [2.24, 2.45) is 10.9 Å². The summed E-state index contributed by atoms with van der Waals surface area (Å²) >= 11 is 0. The van der Waals surface area contributed by atoms with E-state index in [0.717, 1.165) is 51.8 Å². The van der Waals surface area contributed by atoms with Crippen LogP contribution in [0, 0.1) is 12.8 Å². The van der Waals surface area contributed by atoms with E-state index in [2.05, 4.69) is 70.7 Å². The molecular weight excluding hydrogens is 477 g/mol. The fourth-order valence-electron chi connectivity index (χ4n) is 3.94. The van der Waals surface area contributed by atoms with Gasteiger partial charge in [-0.25, -0.2) is 0 Å². The molecule has 0 radical (unpaired) electrons. The summed E-state index contributed by atoms with van der Waals surface area (Å²) in [5.41, 5.74) is 3.83. The van der Waals surface area contributed by atoms with Crippen LogP contribution in [0.1, 0.15) is 25.0 Å². The highest BCUT2D eigenvalue weighted by molar-refractivity contribution is 14.0. The quantitative estimate of drug-likeness (QED) is 0.303. The number of ether oxygens (including phenoxy) is 1. The molecule has 2 heterocycles. The monoisotopic (exact) mass is 513 g/mol. The van der Waals surface area contributed by atoms with E-state index in [4.69, 9.17) is 4.74 Å². The maximum absolute atomic E-state index is 5.50. The van der Waals surface area contributed by atoms with Gasteiger partial charge in [0.1, 0.15) is 0 Å². The zero-order chi connectivity index (χ0) is 19.9. The van der Waals surface area contributed by atoms with Gasteiger partial charge in [0.15, 0.2) is 5.96 Å². The van der Waals surface area contributed by atoms with Gasteiger partial charge in [0, 0.05) is 56.4 Å². The molecule has 0 saturated carbocycles. The molecule has 0 aliphatic carbocycles. The van der Waals surface area contributed by atoms with Crippen molar-refractivity contribution in [1.82, 2.24) is 20.5 Å². The third-order valence-electron chi connectivity index (χ3n) is 5.60. The topological polar surface area (TPSA) is 64.7 Å². The third-order valence-corrected chi connectivity index (χ3v) is 5.60. The van der Waals surface area contributed by atoms with Gasteiger partial charge >= 0.3 is 0 Å². The largest absolute Gasteiger partial charge is 0.379 e. The zero-order valence-electron chi connectivity index (χ0n) is 18.1. The second kappa shape index (κ2) is 11.8. The highest BCUT2D eigenvalue weighted by Crippen LogP contribution is 2.19. The first-order valence-corrected chi connectivity index (χ1v) is 10.4. The second-order valence-electron chi connectivity index (χ2n) is 7.95. The van der Waals surface area contributed by atoms with Crippen molar-refractivity contribution in [3.8, 4) is 0 Å². The standard InChI is InChI=1S/C22H35N5O.HI/c1-16(2)21(27-9-11-28-12-10-27)15-26-22(23-4)24-8-7-18-14-25-20-13-17(3)5-6-19(18)20;/h5-6,13-14,16,21,25H,7-12,15H2,1-4H3,(H2,23,24,26);1H. The Kier molecular flexibility index (Phi) is 9.71. The Morgan fingerprint density at radius 3 is 2.69 bits per heavy atom. The zero-order valence-corrected chi connectivity index (χ0v) is 20.5. The van der Waals surface area contributed by atoms with Crippen LogP contribution in [0.25, 0.3) is 10.9 Å². The summed E-state index contributed by atoms with van der Waals surface area (Å²) in [7, 11) is 1.84. The number of nitrogens with one attached hydrogen (secondary N) is 3. The van der Waals surface area contributed by atoms with Crippen LogP contribution < -0.4 is 10.6 Å². The molecule has 29 heavy (non-hydrogen) atoms. The Morgan fingerprint density at radius 1 is 1.24 bits per heavy atom. The number of halogens is 1. The number of rotatable bonds is 7. The molecule has 0 bridgehead atoms. The molecule has 1 saturated heterocycles. The summed E-state index contributed by atoms with van der Waals surface area (Å²) in [6.45, 7) is 12.1. The molecule has 7 heteroatoms. The van der Waals surface area contributed by atoms with E-state index >= 15 is 0 Å². The Bertz CT molecular complexity index is 783. The molecule has 3 N–H and O–H groups in total. The summed E-state index contributed by atoms with van der Waals surface area (Å²) in [4.78, 5) is 10.3. The van der Waals surface area contributed by atoms with Crippen molar-refractivity contribution >= 4 is 40.8 Å². The van der Waals surface area contributed by atoms with Gasteiger partial charge in [0.25, 0.3) is 0 Å². The fraction of sp³-hybridized carbons (Fsp3) is 0.591. The van der Waals surface area contributed by atoms with Crippen molar-refractivity contribution in [3.05, 3.63) is 35.5 Å². The average Bonchev–Trinajstić information content (AvgIpc) is 3.09. The first kappa shape index (κ1) is 24.0. The van der Waals surface area contributed by atoms with Crippen LogP contribution in [0.2, 0.25) is 0 Å². The van der Waals surface area contributed by atoms with E-state index in [1.165, 1.54) is 22.0 Å². The van der Waals surface area contributed by atoms with Crippen LogP contribution in [0.15, 0.2) is 29.4 Å². The molecule has 0 spiro atoms. The van der Waals surface area contributed by atoms with Crippen LogP contribution >= 0.6 is 24.0 Å². The van der Waals surface area contributed by atoms with Gasteiger partial charge < -0.3 is 20.4 Å². The molecule has 1 atom stereocenters. The van der Waals surface area contributed by atoms with E-state index in [1.54, 1.807) is 0 Å². The predicted octanol–water partition coefficient (Wildman–Crippen LogP) is 3.16. The Balaban J connectivity index is 0.00000300. The van der Waals surface area contributed by atoms with Crippen molar-refractivity contribution in [2.75, 3.05) is 46.4 Å². The molecule has 3 rings (SSSR count). The molecule has 1 aliphatic heterocycles. The number of fused-ring (bicyclic) bond motifs is 1. The summed E-state index contributed by atoms with van der Waals surface area (Å²) < 4.78 is 5.50. The number of benzene rings is 1. The van der Waals surface area contributed by atoms with Gasteiger partial charge in [-0.2, -0.15) is 0 Å². The smallest absolute Gasteiger partial charge is 0.191 e. The van der Waals surface area contributed by atoms with Crippen molar-refractivity contribution in [3.63, 3.8) is 0 Å². The van der Waals surface area contributed by atoms with E-state index in [-0.39, 0.29) is 24.0 Å². The number of aromatic amines is 1.